The molecule has 0 bridgehead atoms. The van der Waals surface area contributed by atoms with E-state index in [9.17, 15) is 0 Å². The molecule has 0 unspecified atom stereocenters. The molecule has 0 heterocycles. The SMILES string of the molecule is CCCCCCOc1ccc(C(OCCCCOC)=C2CCC2)cc1Cl. The van der Waals surface area contributed by atoms with Crippen LogP contribution in [0.15, 0.2) is 23.8 Å². The summed E-state index contributed by atoms with van der Waals surface area (Å²) in [5.74, 6) is 1.79. The quantitative estimate of drug-likeness (QED) is 0.283. The normalized spacial score (nSPS) is 13.4. The lowest BCUT2D eigenvalue weighted by Gasteiger charge is -2.23. The molecule has 0 aromatic heterocycles. The third kappa shape index (κ3) is 6.85. The Morgan fingerprint density at radius 2 is 1.77 bits per heavy atom. The number of rotatable bonds is 13. The van der Waals surface area contributed by atoms with E-state index < -0.39 is 0 Å². The maximum atomic E-state index is 6.46. The van der Waals surface area contributed by atoms with Crippen molar-refractivity contribution in [2.75, 3.05) is 26.9 Å². The van der Waals surface area contributed by atoms with Gasteiger partial charge in [0.1, 0.15) is 11.5 Å². The molecule has 2 rings (SSSR count). The standard InChI is InChI=1S/C22H33ClO3/c1-3-4-5-6-15-25-21-13-12-19(17-20(21)23)22(18-10-9-11-18)26-16-8-7-14-24-2/h12-13,17H,3-11,14-16H2,1-2H3. The fourth-order valence-electron chi connectivity index (χ4n) is 2.96. The second-order valence-corrected chi connectivity index (χ2v) is 7.30. The lowest BCUT2D eigenvalue weighted by atomic mass is 9.89. The van der Waals surface area contributed by atoms with Crippen molar-refractivity contribution in [3.8, 4) is 5.75 Å². The second kappa shape index (κ2) is 12.2. The number of benzene rings is 1. The summed E-state index contributed by atoms with van der Waals surface area (Å²) in [4.78, 5) is 0. The highest BCUT2D eigenvalue weighted by Crippen LogP contribution is 2.36. The number of hydrogen-bond acceptors (Lipinski definition) is 3. The topological polar surface area (TPSA) is 27.7 Å². The van der Waals surface area contributed by atoms with E-state index in [4.69, 9.17) is 25.8 Å². The molecule has 3 nitrogen and oxygen atoms in total. The summed E-state index contributed by atoms with van der Waals surface area (Å²) >= 11 is 6.46. The van der Waals surface area contributed by atoms with Crippen LogP contribution in [-0.2, 0) is 9.47 Å². The summed E-state index contributed by atoms with van der Waals surface area (Å²) in [6.45, 7) is 4.44. The molecule has 1 fully saturated rings. The molecular formula is C22H33ClO3. The molecule has 0 atom stereocenters. The molecule has 1 saturated carbocycles. The van der Waals surface area contributed by atoms with Crippen molar-refractivity contribution >= 4 is 17.4 Å². The van der Waals surface area contributed by atoms with Crippen LogP contribution in [0.5, 0.6) is 5.75 Å². The van der Waals surface area contributed by atoms with Crippen LogP contribution in [0, 0.1) is 0 Å². The predicted octanol–water partition coefficient (Wildman–Crippen LogP) is 6.64. The maximum absolute atomic E-state index is 6.46. The fraction of sp³-hybridized carbons (Fsp3) is 0.636. The average molecular weight is 381 g/mol. The number of ether oxygens (including phenoxy) is 3. The van der Waals surface area contributed by atoms with Crippen LogP contribution in [0.1, 0.15) is 70.3 Å². The Morgan fingerprint density at radius 3 is 2.42 bits per heavy atom. The fourth-order valence-corrected chi connectivity index (χ4v) is 3.20. The first-order chi connectivity index (χ1) is 12.8. The van der Waals surface area contributed by atoms with Gasteiger partial charge in [0, 0.05) is 19.3 Å². The van der Waals surface area contributed by atoms with Gasteiger partial charge in [-0.3, -0.25) is 0 Å². The number of halogens is 1. The zero-order valence-corrected chi connectivity index (χ0v) is 17.1. The summed E-state index contributed by atoms with van der Waals surface area (Å²) in [5.41, 5.74) is 2.47. The Bertz CT molecular complexity index is 563. The molecule has 26 heavy (non-hydrogen) atoms. The van der Waals surface area contributed by atoms with Gasteiger partial charge in [0.15, 0.2) is 0 Å². The molecule has 0 saturated heterocycles. The number of hydrogen-bond donors (Lipinski definition) is 0. The van der Waals surface area contributed by atoms with E-state index in [0.717, 1.165) is 69.0 Å². The van der Waals surface area contributed by atoms with E-state index in [1.54, 1.807) is 7.11 Å². The summed E-state index contributed by atoms with van der Waals surface area (Å²) in [7, 11) is 1.73. The largest absolute Gasteiger partial charge is 0.493 e. The number of allylic oxidation sites excluding steroid dienone is 1. The molecule has 0 radical (unpaired) electrons. The van der Waals surface area contributed by atoms with Crippen molar-refractivity contribution in [3.63, 3.8) is 0 Å². The summed E-state index contributed by atoms with van der Waals surface area (Å²) in [5, 5.41) is 0.665. The molecule has 1 aliphatic rings. The Balaban J connectivity index is 1.92. The molecule has 1 aromatic rings. The van der Waals surface area contributed by atoms with E-state index in [2.05, 4.69) is 13.0 Å². The minimum atomic E-state index is 0.665. The molecule has 146 valence electrons. The summed E-state index contributed by atoms with van der Waals surface area (Å²) in [6.07, 6.45) is 10.3. The highest BCUT2D eigenvalue weighted by Gasteiger charge is 2.18. The van der Waals surface area contributed by atoms with Crippen LogP contribution in [-0.4, -0.2) is 26.9 Å². The average Bonchev–Trinajstić information content (AvgIpc) is 2.60. The molecule has 0 N–H and O–H groups in total. The first kappa shape index (κ1) is 21.1. The van der Waals surface area contributed by atoms with Crippen LogP contribution in [0.25, 0.3) is 5.76 Å². The van der Waals surface area contributed by atoms with Crippen molar-refractivity contribution in [3.05, 3.63) is 34.4 Å². The number of unbranched alkanes of at least 4 members (excludes halogenated alkanes) is 4. The molecule has 0 amide bonds. The van der Waals surface area contributed by atoms with Gasteiger partial charge in [-0.2, -0.15) is 0 Å². The van der Waals surface area contributed by atoms with Gasteiger partial charge >= 0.3 is 0 Å². The van der Waals surface area contributed by atoms with Gasteiger partial charge in [0.2, 0.25) is 0 Å². The molecular weight excluding hydrogens is 348 g/mol. The predicted molar refractivity (Wildman–Crippen MR) is 109 cm³/mol. The molecule has 4 heteroatoms. The third-order valence-corrected chi connectivity index (χ3v) is 5.01. The van der Waals surface area contributed by atoms with E-state index in [-0.39, 0.29) is 0 Å². The maximum Gasteiger partial charge on any atom is 0.137 e. The first-order valence-corrected chi connectivity index (χ1v) is 10.4. The Labute approximate surface area is 163 Å². The van der Waals surface area contributed by atoms with Crippen LogP contribution in [0.3, 0.4) is 0 Å². The number of methoxy groups -OCH3 is 1. The lowest BCUT2D eigenvalue weighted by Crippen LogP contribution is -2.06. The Hall–Kier alpha value is -1.19. The monoisotopic (exact) mass is 380 g/mol. The van der Waals surface area contributed by atoms with Gasteiger partial charge in [-0.1, -0.05) is 37.8 Å². The Kier molecular flexibility index (Phi) is 9.94. The van der Waals surface area contributed by atoms with Gasteiger partial charge in [-0.25, -0.2) is 0 Å². The van der Waals surface area contributed by atoms with Crippen LogP contribution < -0.4 is 4.74 Å². The zero-order valence-electron chi connectivity index (χ0n) is 16.3. The van der Waals surface area contributed by atoms with Crippen molar-refractivity contribution in [2.45, 2.75) is 64.7 Å². The van der Waals surface area contributed by atoms with Crippen LogP contribution in [0.2, 0.25) is 5.02 Å². The van der Waals surface area contributed by atoms with Gasteiger partial charge in [-0.15, -0.1) is 0 Å². The summed E-state index contributed by atoms with van der Waals surface area (Å²) in [6, 6.07) is 6.03. The second-order valence-electron chi connectivity index (χ2n) is 6.89. The van der Waals surface area contributed by atoms with Crippen molar-refractivity contribution < 1.29 is 14.2 Å². The van der Waals surface area contributed by atoms with Gasteiger partial charge in [0.25, 0.3) is 0 Å². The highest BCUT2D eigenvalue weighted by molar-refractivity contribution is 6.32. The highest BCUT2D eigenvalue weighted by atomic mass is 35.5. The molecule has 0 aliphatic heterocycles. The van der Waals surface area contributed by atoms with Crippen molar-refractivity contribution in [1.82, 2.24) is 0 Å². The first-order valence-electron chi connectivity index (χ1n) is 10.0. The smallest absolute Gasteiger partial charge is 0.137 e. The van der Waals surface area contributed by atoms with E-state index in [0.29, 0.717) is 5.02 Å². The minimum absolute atomic E-state index is 0.665. The molecule has 1 aliphatic carbocycles. The lowest BCUT2D eigenvalue weighted by molar-refractivity contribution is 0.179. The van der Waals surface area contributed by atoms with Gasteiger partial charge < -0.3 is 14.2 Å². The molecule has 0 spiro atoms. The van der Waals surface area contributed by atoms with Crippen molar-refractivity contribution in [1.29, 1.82) is 0 Å². The Morgan fingerprint density at radius 1 is 1.00 bits per heavy atom. The van der Waals surface area contributed by atoms with Crippen LogP contribution >= 0.6 is 11.6 Å². The van der Waals surface area contributed by atoms with Crippen molar-refractivity contribution in [2.24, 2.45) is 0 Å². The molecule has 1 aromatic carbocycles. The third-order valence-electron chi connectivity index (χ3n) is 4.72. The van der Waals surface area contributed by atoms with Crippen LogP contribution in [0.4, 0.5) is 0 Å². The van der Waals surface area contributed by atoms with E-state index >= 15 is 0 Å². The van der Waals surface area contributed by atoms with Gasteiger partial charge in [-0.05, 0) is 62.3 Å². The summed E-state index contributed by atoms with van der Waals surface area (Å²) < 4.78 is 17.1. The van der Waals surface area contributed by atoms with E-state index in [1.807, 2.05) is 12.1 Å². The van der Waals surface area contributed by atoms with Gasteiger partial charge in [0.05, 0.1) is 18.2 Å². The minimum Gasteiger partial charge on any atom is -0.493 e. The van der Waals surface area contributed by atoms with E-state index in [1.165, 1.54) is 31.3 Å². The zero-order chi connectivity index (χ0) is 18.6.